The fourth-order valence-electron chi connectivity index (χ4n) is 2.97. The molecule has 0 radical (unpaired) electrons. The van der Waals surface area contributed by atoms with Gasteiger partial charge >= 0.3 is 0 Å². The Hall–Kier alpha value is -2.20. The minimum Gasteiger partial charge on any atom is -0.305 e. The number of fused-ring (bicyclic) bond motifs is 1. The van der Waals surface area contributed by atoms with Crippen LogP contribution in [-0.4, -0.2) is 4.98 Å². The first kappa shape index (κ1) is 17.2. The maximum Gasteiger partial charge on any atom is 0.123 e. The second-order valence-electron chi connectivity index (χ2n) is 6.36. The van der Waals surface area contributed by atoms with Crippen molar-refractivity contribution in [3.05, 3.63) is 88.4 Å². The minimum absolute atomic E-state index is 0.264. The van der Waals surface area contributed by atoms with Crippen LogP contribution in [0.3, 0.4) is 0 Å². The van der Waals surface area contributed by atoms with Crippen LogP contribution < -0.4 is 5.32 Å². The molecule has 1 unspecified atom stereocenters. The zero-order valence-corrected chi connectivity index (χ0v) is 16.0. The molecule has 130 valence electrons. The van der Waals surface area contributed by atoms with Crippen molar-refractivity contribution in [2.45, 2.75) is 19.5 Å². The van der Waals surface area contributed by atoms with Gasteiger partial charge in [0.1, 0.15) is 5.01 Å². The Morgan fingerprint density at radius 2 is 1.77 bits per heavy atom. The molecular formula is C22H19ClN2S. The maximum atomic E-state index is 5.96. The van der Waals surface area contributed by atoms with Gasteiger partial charge in [0.25, 0.3) is 0 Å². The molecule has 1 heterocycles. The Kier molecular flexibility index (Phi) is 5.02. The smallest absolute Gasteiger partial charge is 0.123 e. The summed E-state index contributed by atoms with van der Waals surface area (Å²) in [6.07, 6.45) is 0. The molecule has 4 heteroatoms. The standard InChI is InChI=1S/C22H19ClN2S/c1-15(18-7-6-16-4-2-3-5-19(16)12-18)24-13-21-14-26-22(25-21)17-8-10-20(23)11-9-17/h2-12,14-15,24H,13H2,1H3. The molecule has 0 aliphatic rings. The van der Waals surface area contributed by atoms with Gasteiger partial charge in [-0.2, -0.15) is 0 Å². The second kappa shape index (κ2) is 7.58. The van der Waals surface area contributed by atoms with Gasteiger partial charge in [-0.15, -0.1) is 11.3 Å². The van der Waals surface area contributed by atoms with Crippen molar-refractivity contribution in [1.29, 1.82) is 0 Å². The molecule has 0 bridgehead atoms. The fraction of sp³-hybridized carbons (Fsp3) is 0.136. The summed E-state index contributed by atoms with van der Waals surface area (Å²) in [5, 5.41) is 10.0. The van der Waals surface area contributed by atoms with E-state index in [1.54, 1.807) is 11.3 Å². The topological polar surface area (TPSA) is 24.9 Å². The highest BCUT2D eigenvalue weighted by Gasteiger charge is 2.09. The number of hydrogen-bond donors (Lipinski definition) is 1. The molecule has 2 nitrogen and oxygen atoms in total. The van der Waals surface area contributed by atoms with Gasteiger partial charge in [-0.3, -0.25) is 0 Å². The van der Waals surface area contributed by atoms with Crippen molar-refractivity contribution in [2.24, 2.45) is 0 Å². The molecule has 1 atom stereocenters. The van der Waals surface area contributed by atoms with Gasteiger partial charge in [-0.1, -0.05) is 60.1 Å². The Morgan fingerprint density at radius 3 is 2.58 bits per heavy atom. The minimum atomic E-state index is 0.264. The number of benzene rings is 3. The molecule has 0 amide bonds. The van der Waals surface area contributed by atoms with Gasteiger partial charge in [0.05, 0.1) is 5.69 Å². The highest BCUT2D eigenvalue weighted by Crippen LogP contribution is 2.26. The van der Waals surface area contributed by atoms with Crippen LogP contribution in [0.15, 0.2) is 72.1 Å². The van der Waals surface area contributed by atoms with Gasteiger partial charge in [0.15, 0.2) is 0 Å². The molecule has 0 aliphatic heterocycles. The van der Waals surface area contributed by atoms with Crippen LogP contribution in [0.1, 0.15) is 24.2 Å². The van der Waals surface area contributed by atoms with E-state index in [9.17, 15) is 0 Å². The second-order valence-corrected chi connectivity index (χ2v) is 7.65. The van der Waals surface area contributed by atoms with E-state index in [-0.39, 0.29) is 6.04 Å². The van der Waals surface area contributed by atoms with Crippen molar-refractivity contribution in [3.63, 3.8) is 0 Å². The van der Waals surface area contributed by atoms with Gasteiger partial charge in [0, 0.05) is 28.6 Å². The first-order valence-corrected chi connectivity index (χ1v) is 9.87. The van der Waals surface area contributed by atoms with Gasteiger partial charge in [0.2, 0.25) is 0 Å². The predicted octanol–water partition coefficient (Wildman–Crippen LogP) is 6.47. The first-order chi connectivity index (χ1) is 12.7. The van der Waals surface area contributed by atoms with Crippen LogP contribution in [0, 0.1) is 0 Å². The lowest BCUT2D eigenvalue weighted by molar-refractivity contribution is 0.570. The Bertz CT molecular complexity index is 1020. The van der Waals surface area contributed by atoms with Crippen LogP contribution in [0.4, 0.5) is 0 Å². The summed E-state index contributed by atoms with van der Waals surface area (Å²) < 4.78 is 0. The molecule has 3 aromatic carbocycles. The van der Waals surface area contributed by atoms with E-state index >= 15 is 0 Å². The largest absolute Gasteiger partial charge is 0.305 e. The number of halogens is 1. The molecule has 0 saturated heterocycles. The molecule has 0 spiro atoms. The number of rotatable bonds is 5. The summed E-state index contributed by atoms with van der Waals surface area (Å²) in [6.45, 7) is 2.94. The van der Waals surface area contributed by atoms with E-state index in [4.69, 9.17) is 16.6 Å². The summed E-state index contributed by atoms with van der Waals surface area (Å²) in [7, 11) is 0. The average molecular weight is 379 g/mol. The lowest BCUT2D eigenvalue weighted by atomic mass is 10.0. The van der Waals surface area contributed by atoms with E-state index < -0.39 is 0 Å². The molecule has 26 heavy (non-hydrogen) atoms. The summed E-state index contributed by atoms with van der Waals surface area (Å²) >= 11 is 7.62. The highest BCUT2D eigenvalue weighted by molar-refractivity contribution is 7.13. The van der Waals surface area contributed by atoms with Crippen LogP contribution in [0.5, 0.6) is 0 Å². The van der Waals surface area contributed by atoms with Gasteiger partial charge in [-0.05, 0) is 41.5 Å². The van der Waals surface area contributed by atoms with Gasteiger partial charge in [-0.25, -0.2) is 4.98 Å². The van der Waals surface area contributed by atoms with Crippen molar-refractivity contribution in [1.82, 2.24) is 10.3 Å². The molecule has 1 N–H and O–H groups in total. The van der Waals surface area contributed by atoms with Crippen molar-refractivity contribution in [2.75, 3.05) is 0 Å². The third-order valence-corrected chi connectivity index (χ3v) is 5.70. The van der Waals surface area contributed by atoms with Crippen LogP contribution in [0.2, 0.25) is 5.02 Å². The monoisotopic (exact) mass is 378 g/mol. The number of thiazole rings is 1. The predicted molar refractivity (Wildman–Crippen MR) is 112 cm³/mol. The number of nitrogens with zero attached hydrogens (tertiary/aromatic N) is 1. The Labute approximate surface area is 162 Å². The first-order valence-electron chi connectivity index (χ1n) is 8.61. The van der Waals surface area contributed by atoms with Crippen LogP contribution >= 0.6 is 22.9 Å². The summed E-state index contributed by atoms with van der Waals surface area (Å²) in [4.78, 5) is 4.74. The van der Waals surface area contributed by atoms with E-state index in [0.29, 0.717) is 0 Å². The normalized spacial score (nSPS) is 12.4. The number of nitrogens with one attached hydrogen (secondary N) is 1. The average Bonchev–Trinajstić information content (AvgIpc) is 3.15. The van der Waals surface area contributed by atoms with Crippen LogP contribution in [-0.2, 0) is 6.54 Å². The number of hydrogen-bond acceptors (Lipinski definition) is 3. The van der Waals surface area contributed by atoms with Crippen molar-refractivity contribution < 1.29 is 0 Å². The maximum absolute atomic E-state index is 5.96. The molecule has 4 aromatic rings. The molecule has 0 saturated carbocycles. The van der Waals surface area contributed by atoms with E-state index in [1.807, 2.05) is 24.3 Å². The fourth-order valence-corrected chi connectivity index (χ4v) is 3.92. The SMILES string of the molecule is CC(NCc1csc(-c2ccc(Cl)cc2)n1)c1ccc2ccccc2c1. The molecule has 1 aromatic heterocycles. The zero-order valence-electron chi connectivity index (χ0n) is 14.4. The summed E-state index contributed by atoms with van der Waals surface area (Å²) in [6, 6.07) is 23.2. The highest BCUT2D eigenvalue weighted by atomic mass is 35.5. The molecular weight excluding hydrogens is 360 g/mol. The van der Waals surface area contributed by atoms with E-state index in [0.717, 1.165) is 27.8 Å². The lowest BCUT2D eigenvalue weighted by Crippen LogP contribution is -2.18. The summed E-state index contributed by atoms with van der Waals surface area (Å²) in [5.74, 6) is 0. The van der Waals surface area contributed by atoms with Crippen molar-refractivity contribution in [3.8, 4) is 10.6 Å². The lowest BCUT2D eigenvalue weighted by Gasteiger charge is -2.14. The molecule has 0 aliphatic carbocycles. The quantitative estimate of drug-likeness (QED) is 0.430. The Balaban J connectivity index is 1.44. The van der Waals surface area contributed by atoms with Crippen LogP contribution in [0.25, 0.3) is 21.3 Å². The molecule has 0 fully saturated rings. The van der Waals surface area contributed by atoms with Crippen molar-refractivity contribution >= 4 is 33.7 Å². The number of aromatic nitrogens is 1. The van der Waals surface area contributed by atoms with Gasteiger partial charge < -0.3 is 5.32 Å². The third-order valence-electron chi connectivity index (χ3n) is 4.51. The zero-order chi connectivity index (χ0) is 17.9. The van der Waals surface area contributed by atoms with E-state index in [2.05, 4.69) is 60.1 Å². The van der Waals surface area contributed by atoms with E-state index in [1.165, 1.54) is 16.3 Å². The Morgan fingerprint density at radius 1 is 1.00 bits per heavy atom. The molecule has 4 rings (SSSR count). The third kappa shape index (κ3) is 3.80. The summed E-state index contributed by atoms with van der Waals surface area (Å²) in [5.41, 5.74) is 3.46.